The fourth-order valence-electron chi connectivity index (χ4n) is 3.18. The Hall–Kier alpha value is -1.95. The van der Waals surface area contributed by atoms with Crippen LogP contribution in [0.4, 0.5) is 4.79 Å². The van der Waals surface area contributed by atoms with Crippen LogP contribution in [-0.2, 0) is 6.42 Å². The predicted molar refractivity (Wildman–Crippen MR) is 88.2 cm³/mol. The zero-order valence-electron chi connectivity index (χ0n) is 13.9. The van der Waals surface area contributed by atoms with Crippen LogP contribution in [0.1, 0.15) is 12.5 Å². The molecule has 1 fully saturated rings. The number of carbonyl (C=O) groups excluding carboxylic acids is 1. The van der Waals surface area contributed by atoms with E-state index in [9.17, 15) is 4.79 Å². The van der Waals surface area contributed by atoms with Gasteiger partial charge in [-0.1, -0.05) is 19.1 Å². The van der Waals surface area contributed by atoms with E-state index < -0.39 is 0 Å². The van der Waals surface area contributed by atoms with Crippen molar-refractivity contribution < 1.29 is 14.3 Å². The summed E-state index contributed by atoms with van der Waals surface area (Å²) in [6, 6.07) is 5.89. The van der Waals surface area contributed by atoms with Crippen molar-refractivity contribution in [3.8, 4) is 11.5 Å². The fraction of sp³-hybridized carbons (Fsp3) is 0.588. The highest BCUT2D eigenvalue weighted by Gasteiger charge is 2.26. The SMILES string of the molecule is CCN1CCN(C(=O)NC2COc3c(cccc3OC)C2)CC1. The summed E-state index contributed by atoms with van der Waals surface area (Å²) in [5.74, 6) is 1.56. The van der Waals surface area contributed by atoms with Crippen LogP contribution in [0, 0.1) is 0 Å². The Bertz CT molecular complexity index is 556. The lowest BCUT2D eigenvalue weighted by Gasteiger charge is -2.35. The molecule has 1 aromatic carbocycles. The van der Waals surface area contributed by atoms with Gasteiger partial charge in [-0.2, -0.15) is 0 Å². The second kappa shape index (κ2) is 7.08. The molecule has 3 rings (SSSR count). The molecule has 1 unspecified atom stereocenters. The number of ether oxygens (including phenoxy) is 2. The van der Waals surface area contributed by atoms with Crippen molar-refractivity contribution >= 4 is 6.03 Å². The Kier molecular flexibility index (Phi) is 4.91. The summed E-state index contributed by atoms with van der Waals surface area (Å²) < 4.78 is 11.1. The molecule has 126 valence electrons. The molecule has 1 atom stereocenters. The lowest BCUT2D eigenvalue weighted by molar-refractivity contribution is 0.136. The highest BCUT2D eigenvalue weighted by molar-refractivity contribution is 5.74. The molecular formula is C17H25N3O3. The highest BCUT2D eigenvalue weighted by Crippen LogP contribution is 2.34. The van der Waals surface area contributed by atoms with Crippen LogP contribution in [0.15, 0.2) is 18.2 Å². The zero-order valence-corrected chi connectivity index (χ0v) is 13.9. The number of fused-ring (bicyclic) bond motifs is 1. The number of carbonyl (C=O) groups is 1. The maximum absolute atomic E-state index is 12.4. The zero-order chi connectivity index (χ0) is 16.2. The summed E-state index contributed by atoms with van der Waals surface area (Å²) in [7, 11) is 1.64. The van der Waals surface area contributed by atoms with E-state index in [2.05, 4.69) is 17.1 Å². The lowest BCUT2D eigenvalue weighted by atomic mass is 10.0. The van der Waals surface area contributed by atoms with Crippen molar-refractivity contribution in [2.75, 3.05) is 46.4 Å². The summed E-state index contributed by atoms with van der Waals surface area (Å²) >= 11 is 0. The lowest BCUT2D eigenvalue weighted by Crippen LogP contribution is -2.54. The van der Waals surface area contributed by atoms with E-state index in [-0.39, 0.29) is 12.1 Å². The number of hydrogen-bond donors (Lipinski definition) is 1. The third-order valence-corrected chi connectivity index (χ3v) is 4.61. The van der Waals surface area contributed by atoms with Gasteiger partial charge < -0.3 is 24.6 Å². The van der Waals surface area contributed by atoms with Gasteiger partial charge in [-0.05, 0) is 19.0 Å². The Labute approximate surface area is 137 Å². The van der Waals surface area contributed by atoms with Crippen molar-refractivity contribution in [2.24, 2.45) is 0 Å². The number of hydrogen-bond acceptors (Lipinski definition) is 4. The van der Waals surface area contributed by atoms with Crippen molar-refractivity contribution in [1.29, 1.82) is 0 Å². The van der Waals surface area contributed by atoms with Crippen LogP contribution < -0.4 is 14.8 Å². The van der Waals surface area contributed by atoms with Crippen LogP contribution in [0.25, 0.3) is 0 Å². The number of para-hydroxylation sites is 1. The van der Waals surface area contributed by atoms with E-state index in [0.29, 0.717) is 6.61 Å². The molecule has 0 radical (unpaired) electrons. The Balaban J connectivity index is 1.56. The van der Waals surface area contributed by atoms with Crippen molar-refractivity contribution in [2.45, 2.75) is 19.4 Å². The molecule has 0 aliphatic carbocycles. The third kappa shape index (κ3) is 3.52. The van der Waals surface area contributed by atoms with E-state index in [1.54, 1.807) is 7.11 Å². The van der Waals surface area contributed by atoms with Crippen molar-refractivity contribution in [3.05, 3.63) is 23.8 Å². The molecule has 6 heteroatoms. The van der Waals surface area contributed by atoms with Gasteiger partial charge >= 0.3 is 6.03 Å². The molecule has 0 aromatic heterocycles. The van der Waals surface area contributed by atoms with Gasteiger partial charge in [0.05, 0.1) is 13.2 Å². The van der Waals surface area contributed by atoms with E-state index in [4.69, 9.17) is 9.47 Å². The summed E-state index contributed by atoms with van der Waals surface area (Å²) in [5.41, 5.74) is 1.08. The van der Waals surface area contributed by atoms with Gasteiger partial charge in [-0.25, -0.2) is 4.79 Å². The average molecular weight is 319 g/mol. The summed E-state index contributed by atoms with van der Waals surface area (Å²) in [6.45, 7) is 7.16. The Morgan fingerprint density at radius 3 is 2.83 bits per heavy atom. The van der Waals surface area contributed by atoms with Gasteiger partial charge in [0.1, 0.15) is 6.61 Å². The van der Waals surface area contributed by atoms with Crippen LogP contribution >= 0.6 is 0 Å². The molecule has 2 heterocycles. The van der Waals surface area contributed by atoms with Gasteiger partial charge in [0.2, 0.25) is 0 Å². The molecule has 23 heavy (non-hydrogen) atoms. The molecule has 0 spiro atoms. The third-order valence-electron chi connectivity index (χ3n) is 4.61. The maximum Gasteiger partial charge on any atom is 0.317 e. The molecule has 6 nitrogen and oxygen atoms in total. The van der Waals surface area contributed by atoms with E-state index in [1.807, 2.05) is 23.1 Å². The Morgan fingerprint density at radius 2 is 2.13 bits per heavy atom. The number of piperazine rings is 1. The summed E-state index contributed by atoms with van der Waals surface area (Å²) in [4.78, 5) is 16.7. The molecule has 1 saturated heterocycles. The van der Waals surface area contributed by atoms with Crippen LogP contribution in [0.2, 0.25) is 0 Å². The number of nitrogens with one attached hydrogen (secondary N) is 1. The monoisotopic (exact) mass is 319 g/mol. The number of amides is 2. The molecule has 0 saturated carbocycles. The van der Waals surface area contributed by atoms with Gasteiger partial charge in [0, 0.05) is 31.7 Å². The number of rotatable bonds is 3. The minimum absolute atomic E-state index is 0.00584. The Morgan fingerprint density at radius 1 is 1.35 bits per heavy atom. The largest absolute Gasteiger partial charge is 0.493 e. The van der Waals surface area contributed by atoms with Crippen LogP contribution in [0.5, 0.6) is 11.5 Å². The number of urea groups is 1. The number of benzene rings is 1. The van der Waals surface area contributed by atoms with E-state index in [0.717, 1.165) is 56.2 Å². The standard InChI is InChI=1S/C17H25N3O3/c1-3-19-7-9-20(10-8-19)17(21)18-14-11-13-5-4-6-15(22-2)16(13)23-12-14/h4-6,14H,3,7-12H2,1-2H3,(H,18,21). The maximum atomic E-state index is 12.4. The molecule has 0 bridgehead atoms. The second-order valence-corrected chi connectivity index (χ2v) is 6.03. The predicted octanol–water partition coefficient (Wildman–Crippen LogP) is 1.35. The molecule has 2 aliphatic rings. The van der Waals surface area contributed by atoms with Crippen molar-refractivity contribution in [1.82, 2.24) is 15.1 Å². The van der Waals surface area contributed by atoms with E-state index in [1.165, 1.54) is 0 Å². The molecule has 2 amide bonds. The first kappa shape index (κ1) is 15.9. The number of nitrogens with zero attached hydrogens (tertiary/aromatic N) is 2. The highest BCUT2D eigenvalue weighted by atomic mass is 16.5. The van der Waals surface area contributed by atoms with Crippen LogP contribution in [-0.4, -0.2) is 68.3 Å². The number of methoxy groups -OCH3 is 1. The normalized spacial score (nSPS) is 21.3. The van der Waals surface area contributed by atoms with Crippen molar-refractivity contribution in [3.63, 3.8) is 0 Å². The number of likely N-dealkylation sites (N-methyl/N-ethyl adjacent to an activating group) is 1. The molecule has 1 aromatic rings. The minimum atomic E-state index is 0.00584. The van der Waals surface area contributed by atoms with E-state index >= 15 is 0 Å². The molecule has 1 N–H and O–H groups in total. The van der Waals surface area contributed by atoms with Gasteiger partial charge in [-0.15, -0.1) is 0 Å². The topological polar surface area (TPSA) is 54.0 Å². The first-order valence-electron chi connectivity index (χ1n) is 8.27. The summed E-state index contributed by atoms with van der Waals surface area (Å²) in [6.07, 6.45) is 0.771. The molecular weight excluding hydrogens is 294 g/mol. The quantitative estimate of drug-likeness (QED) is 0.914. The summed E-state index contributed by atoms with van der Waals surface area (Å²) in [5, 5.41) is 3.10. The average Bonchev–Trinajstić information content (AvgIpc) is 2.61. The molecule has 2 aliphatic heterocycles. The van der Waals surface area contributed by atoms with Crippen LogP contribution in [0.3, 0.4) is 0 Å². The second-order valence-electron chi connectivity index (χ2n) is 6.03. The minimum Gasteiger partial charge on any atom is -0.493 e. The van der Waals surface area contributed by atoms with Gasteiger partial charge in [0.25, 0.3) is 0 Å². The van der Waals surface area contributed by atoms with Gasteiger partial charge in [-0.3, -0.25) is 0 Å². The van der Waals surface area contributed by atoms with Gasteiger partial charge in [0.15, 0.2) is 11.5 Å². The first-order chi connectivity index (χ1) is 11.2. The first-order valence-corrected chi connectivity index (χ1v) is 8.27. The fourth-order valence-corrected chi connectivity index (χ4v) is 3.18. The smallest absolute Gasteiger partial charge is 0.317 e.